The van der Waals surface area contributed by atoms with Crippen LogP contribution in [0.1, 0.15) is 19.3 Å². The van der Waals surface area contributed by atoms with Crippen LogP contribution in [0.4, 0.5) is 0 Å². The fourth-order valence-electron chi connectivity index (χ4n) is 0.634. The minimum Gasteiger partial charge on any atom is -0.853 e. The summed E-state index contributed by atoms with van der Waals surface area (Å²) in [6, 6.07) is -0.156. The average Bonchev–Trinajstić information content (AvgIpc) is 1.89. The van der Waals surface area contributed by atoms with E-state index in [1.807, 2.05) is 0 Å². The zero-order chi connectivity index (χ0) is 7.11. The topological polar surface area (TPSA) is 75.1 Å². The minimum atomic E-state index is -0.162. The molecule has 0 aromatic carbocycles. The monoisotopic (exact) mass is 138 g/mol. The molecule has 0 aliphatic carbocycles. The van der Waals surface area contributed by atoms with Crippen LogP contribution in [-0.4, -0.2) is 19.2 Å². The number of nitrogens with two attached hydrogens (primary N) is 2. The molecule has 0 aliphatic rings. The Bertz CT molecular complexity index is 63.7. The number of hydrogen-bond donors (Lipinski definition) is 2. The summed E-state index contributed by atoms with van der Waals surface area (Å²) in [4.78, 5) is 0. The van der Waals surface area contributed by atoms with E-state index in [0.29, 0.717) is 6.54 Å². The largest absolute Gasteiger partial charge is 1.00 e. The zero-order valence-electron chi connectivity index (χ0n) is 6.68. The van der Waals surface area contributed by atoms with E-state index in [-0.39, 0.29) is 31.5 Å². The third-order valence-corrected chi connectivity index (χ3v) is 1.24. The Balaban J connectivity index is 0. The van der Waals surface area contributed by atoms with Crippen molar-refractivity contribution in [3.63, 3.8) is 0 Å². The molecular weight excluding hydrogens is 123 g/mol. The first-order valence-electron chi connectivity index (χ1n) is 3.35. The van der Waals surface area contributed by atoms with E-state index in [0.717, 1.165) is 19.3 Å². The second-order valence-electron chi connectivity index (χ2n) is 2.21. The van der Waals surface area contributed by atoms with Crippen LogP contribution in [0.3, 0.4) is 0 Å². The van der Waals surface area contributed by atoms with Gasteiger partial charge in [0.15, 0.2) is 0 Å². The van der Waals surface area contributed by atoms with Crippen LogP contribution in [0.5, 0.6) is 0 Å². The molecule has 56 valence electrons. The molecule has 0 unspecified atom stereocenters. The summed E-state index contributed by atoms with van der Waals surface area (Å²) in [6.45, 7) is 0.538. The first kappa shape index (κ1) is 13.1. The van der Waals surface area contributed by atoms with Crippen molar-refractivity contribution in [2.24, 2.45) is 11.5 Å². The van der Waals surface area contributed by atoms with E-state index >= 15 is 0 Å². The van der Waals surface area contributed by atoms with E-state index in [2.05, 4.69) is 0 Å². The van der Waals surface area contributed by atoms with Gasteiger partial charge in [-0.1, -0.05) is 6.42 Å². The summed E-state index contributed by atoms with van der Waals surface area (Å²) in [6.07, 6.45) is 2.79. The Labute approximate surface area is 74.3 Å². The fraction of sp³-hybridized carbons (Fsp3) is 1.00. The Kier molecular flexibility index (Phi) is 12.4. The van der Waals surface area contributed by atoms with Gasteiger partial charge in [0.1, 0.15) is 0 Å². The molecule has 0 saturated heterocycles. The van der Waals surface area contributed by atoms with Gasteiger partial charge in [0.25, 0.3) is 0 Å². The van der Waals surface area contributed by atoms with Gasteiger partial charge in [-0.15, -0.1) is 6.61 Å². The third kappa shape index (κ3) is 8.48. The van der Waals surface area contributed by atoms with Gasteiger partial charge in [0, 0.05) is 0 Å². The van der Waals surface area contributed by atoms with Crippen molar-refractivity contribution in [3.05, 3.63) is 0 Å². The zero-order valence-corrected chi connectivity index (χ0v) is 6.68. The summed E-state index contributed by atoms with van der Waals surface area (Å²) in [7, 11) is 0. The summed E-state index contributed by atoms with van der Waals surface area (Å²) in [5.74, 6) is 0. The van der Waals surface area contributed by atoms with Crippen LogP contribution in [0.25, 0.3) is 0 Å². The van der Waals surface area contributed by atoms with Gasteiger partial charge in [-0.05, 0) is 25.4 Å². The van der Waals surface area contributed by atoms with Crippen molar-refractivity contribution in [2.45, 2.75) is 25.3 Å². The molecule has 0 saturated carbocycles. The molecule has 4 heteroatoms. The van der Waals surface area contributed by atoms with Crippen LogP contribution in [0, 0.1) is 0 Å². The summed E-state index contributed by atoms with van der Waals surface area (Å²) in [5, 5.41) is 10.1. The summed E-state index contributed by atoms with van der Waals surface area (Å²) in [5.41, 5.74) is 10.6. The molecule has 0 aromatic rings. The van der Waals surface area contributed by atoms with Gasteiger partial charge in [-0.3, -0.25) is 0 Å². The second kappa shape index (κ2) is 9.48. The van der Waals surface area contributed by atoms with Crippen LogP contribution < -0.4 is 35.4 Å². The molecule has 0 aliphatic heterocycles. The van der Waals surface area contributed by atoms with Crippen molar-refractivity contribution >= 4 is 0 Å². The molecule has 10 heavy (non-hydrogen) atoms. The molecule has 0 radical (unpaired) electrons. The number of rotatable bonds is 5. The quantitative estimate of drug-likeness (QED) is 0.299. The Hall–Kier alpha value is 0.477. The van der Waals surface area contributed by atoms with Crippen molar-refractivity contribution in [3.8, 4) is 0 Å². The maximum absolute atomic E-state index is 10.1. The Morgan fingerprint density at radius 3 is 2.30 bits per heavy atom. The van der Waals surface area contributed by atoms with Crippen molar-refractivity contribution < 1.29 is 24.0 Å². The van der Waals surface area contributed by atoms with E-state index in [1.54, 1.807) is 0 Å². The average molecular weight is 138 g/mol. The first-order valence-corrected chi connectivity index (χ1v) is 3.35. The molecule has 0 bridgehead atoms. The summed E-state index contributed by atoms with van der Waals surface area (Å²) < 4.78 is 0. The molecule has 0 spiro atoms. The normalized spacial score (nSPS) is 12.3. The molecule has 0 heterocycles. The van der Waals surface area contributed by atoms with E-state index in [4.69, 9.17) is 11.5 Å². The van der Waals surface area contributed by atoms with Crippen molar-refractivity contribution in [1.29, 1.82) is 0 Å². The van der Waals surface area contributed by atoms with Gasteiger partial charge in [-0.25, -0.2) is 0 Å². The molecule has 3 nitrogen and oxygen atoms in total. The SMILES string of the molecule is NCCCC[C@H](N)C[O-].[Li+]. The molecule has 1 atom stereocenters. The van der Waals surface area contributed by atoms with E-state index in [9.17, 15) is 5.11 Å². The van der Waals surface area contributed by atoms with Gasteiger partial charge in [0.2, 0.25) is 0 Å². The van der Waals surface area contributed by atoms with E-state index in [1.165, 1.54) is 0 Å². The first-order chi connectivity index (χ1) is 4.31. The predicted molar refractivity (Wildman–Crippen MR) is 35.7 cm³/mol. The molecule has 0 amide bonds. The van der Waals surface area contributed by atoms with Crippen LogP contribution in [0.2, 0.25) is 0 Å². The maximum Gasteiger partial charge on any atom is 1.00 e. The van der Waals surface area contributed by atoms with Crippen molar-refractivity contribution in [1.82, 2.24) is 0 Å². The molecule has 0 fully saturated rings. The van der Waals surface area contributed by atoms with Crippen LogP contribution in [-0.2, 0) is 0 Å². The second-order valence-corrected chi connectivity index (χ2v) is 2.21. The predicted octanol–water partition coefficient (Wildman–Crippen LogP) is -4.19. The Morgan fingerprint density at radius 2 is 1.90 bits per heavy atom. The standard InChI is InChI=1S/C6H15N2O.Li/c7-4-2-1-3-6(8)5-9;/h6H,1-5,7-8H2;/q-1;+1/t6-;/m0./s1. The van der Waals surface area contributed by atoms with Crippen LogP contribution in [0.15, 0.2) is 0 Å². The molecular formula is C6H15LiN2O. The van der Waals surface area contributed by atoms with Gasteiger partial charge < -0.3 is 16.6 Å². The molecule has 4 N–H and O–H groups in total. The summed E-state index contributed by atoms with van der Waals surface area (Å²) >= 11 is 0. The van der Waals surface area contributed by atoms with Gasteiger partial charge >= 0.3 is 18.9 Å². The van der Waals surface area contributed by atoms with Gasteiger partial charge in [0.05, 0.1) is 0 Å². The number of unbranched alkanes of at least 4 members (excludes halogenated alkanes) is 1. The Morgan fingerprint density at radius 1 is 1.30 bits per heavy atom. The molecule has 0 aromatic heterocycles. The van der Waals surface area contributed by atoms with E-state index < -0.39 is 0 Å². The smallest absolute Gasteiger partial charge is 0.853 e. The minimum absolute atomic E-state index is 0. The molecule has 0 rings (SSSR count). The fourth-order valence-corrected chi connectivity index (χ4v) is 0.634. The number of hydrogen-bond acceptors (Lipinski definition) is 3. The van der Waals surface area contributed by atoms with Crippen molar-refractivity contribution in [2.75, 3.05) is 13.2 Å². The maximum atomic E-state index is 10.1. The van der Waals surface area contributed by atoms with Gasteiger partial charge in [-0.2, -0.15) is 0 Å². The third-order valence-electron chi connectivity index (χ3n) is 1.24. The van der Waals surface area contributed by atoms with Crippen LogP contribution >= 0.6 is 0 Å².